The molecule has 166 valence electrons. The molecule has 1 aliphatic rings. The third-order valence-electron chi connectivity index (χ3n) is 5.80. The number of nitrogens with one attached hydrogen (secondary N) is 1. The highest BCUT2D eigenvalue weighted by Crippen LogP contribution is 2.46. The predicted molar refractivity (Wildman–Crippen MR) is 111 cm³/mol. The van der Waals surface area contributed by atoms with Crippen LogP contribution in [0.2, 0.25) is 0 Å². The number of aryl methyl sites for hydroxylation is 1. The second-order valence-electron chi connectivity index (χ2n) is 7.89. The smallest absolute Gasteiger partial charge is 0.467 e. The Hall–Kier alpha value is -3.03. The summed E-state index contributed by atoms with van der Waals surface area (Å²) < 4.78 is 43.4. The minimum absolute atomic E-state index is 0.00429. The zero-order valence-corrected chi connectivity index (χ0v) is 17.4. The van der Waals surface area contributed by atoms with Gasteiger partial charge < -0.3 is 15.0 Å². The maximum atomic E-state index is 12.9. The number of nitrogens with zero attached hydrogens (tertiary/aromatic N) is 1. The number of halogens is 3. The molecular weight excluding hydrogens is 409 g/mol. The highest BCUT2D eigenvalue weighted by Gasteiger charge is 2.47. The summed E-state index contributed by atoms with van der Waals surface area (Å²) in [6.07, 6.45) is -3.83. The molecular formula is C23H25F3N2O3. The van der Waals surface area contributed by atoms with Crippen molar-refractivity contribution in [3.8, 4) is 0 Å². The van der Waals surface area contributed by atoms with Gasteiger partial charge in [-0.05, 0) is 36.5 Å². The van der Waals surface area contributed by atoms with Crippen LogP contribution in [0.4, 0.5) is 18.9 Å². The molecule has 0 unspecified atom stereocenters. The Morgan fingerprint density at radius 2 is 1.77 bits per heavy atom. The minimum atomic E-state index is -5.09. The second-order valence-corrected chi connectivity index (χ2v) is 7.89. The Labute approximate surface area is 179 Å². The van der Waals surface area contributed by atoms with Crippen LogP contribution in [0.3, 0.4) is 0 Å². The SMILES string of the molecule is COC(=O)[C@H](C[C@]1(CCc2ccccc2)CN(C)c2ccccc21)NC(=O)C(F)(F)F. The number of hydrogen-bond acceptors (Lipinski definition) is 4. The molecule has 0 bridgehead atoms. The Morgan fingerprint density at radius 1 is 1.13 bits per heavy atom. The average molecular weight is 434 g/mol. The Balaban J connectivity index is 1.95. The van der Waals surface area contributed by atoms with Gasteiger partial charge >= 0.3 is 18.1 Å². The number of ether oxygens (including phenoxy) is 1. The first-order valence-electron chi connectivity index (χ1n) is 9.96. The Kier molecular flexibility index (Phi) is 6.57. The molecule has 2 aromatic carbocycles. The van der Waals surface area contributed by atoms with Gasteiger partial charge in [0, 0.05) is 24.7 Å². The zero-order chi connectivity index (χ0) is 22.6. The van der Waals surface area contributed by atoms with Gasteiger partial charge in [0.1, 0.15) is 6.04 Å². The number of rotatable bonds is 7. The van der Waals surface area contributed by atoms with Gasteiger partial charge in [-0.1, -0.05) is 48.5 Å². The van der Waals surface area contributed by atoms with Gasteiger partial charge in [-0.3, -0.25) is 4.79 Å². The van der Waals surface area contributed by atoms with Crippen molar-refractivity contribution in [2.45, 2.75) is 36.9 Å². The monoisotopic (exact) mass is 434 g/mol. The number of likely N-dealkylation sites (N-methyl/N-ethyl adjacent to an activating group) is 1. The number of esters is 1. The van der Waals surface area contributed by atoms with Crippen molar-refractivity contribution in [1.29, 1.82) is 0 Å². The largest absolute Gasteiger partial charge is 0.471 e. The number of anilines is 1. The number of amides is 1. The summed E-state index contributed by atoms with van der Waals surface area (Å²) in [6.45, 7) is 0.508. The number of hydrogen-bond donors (Lipinski definition) is 1. The summed E-state index contributed by atoms with van der Waals surface area (Å²) in [5, 5.41) is 1.85. The standard InChI is InChI=1S/C23H25F3N2O3/c1-28-15-22(17-10-6-7-11-19(17)28,13-12-16-8-4-3-5-9-16)14-18(20(29)31-2)27-21(30)23(24,25)26/h3-11,18H,12-15H2,1-2H3,(H,27,30)/t18-,22+/m0/s1. The third kappa shape index (κ3) is 5.00. The molecule has 0 radical (unpaired) electrons. The minimum Gasteiger partial charge on any atom is -0.467 e. The lowest BCUT2D eigenvalue weighted by Crippen LogP contribution is -2.51. The maximum absolute atomic E-state index is 12.9. The van der Waals surface area contributed by atoms with Gasteiger partial charge in [-0.25, -0.2) is 4.79 Å². The molecule has 8 heteroatoms. The van der Waals surface area contributed by atoms with Crippen LogP contribution in [0.15, 0.2) is 54.6 Å². The van der Waals surface area contributed by atoms with E-state index in [1.807, 2.05) is 71.9 Å². The van der Waals surface area contributed by atoms with E-state index in [0.29, 0.717) is 19.4 Å². The number of carbonyl (C=O) groups excluding carboxylic acids is 2. The van der Waals surface area contributed by atoms with E-state index in [-0.39, 0.29) is 6.42 Å². The van der Waals surface area contributed by atoms with Gasteiger partial charge in [0.05, 0.1) is 7.11 Å². The lowest BCUT2D eigenvalue weighted by molar-refractivity contribution is -0.176. The lowest BCUT2D eigenvalue weighted by Gasteiger charge is -2.34. The molecule has 0 saturated heterocycles. The van der Waals surface area contributed by atoms with E-state index in [9.17, 15) is 22.8 Å². The van der Waals surface area contributed by atoms with E-state index >= 15 is 0 Å². The number of methoxy groups -OCH3 is 1. The van der Waals surface area contributed by atoms with Gasteiger partial charge in [0.2, 0.25) is 0 Å². The summed E-state index contributed by atoms with van der Waals surface area (Å²) in [7, 11) is 3.00. The molecule has 2 aromatic rings. The molecule has 0 fully saturated rings. The molecule has 0 aliphatic carbocycles. The Bertz CT molecular complexity index is 933. The normalized spacial score (nSPS) is 18.9. The molecule has 0 aromatic heterocycles. The highest BCUT2D eigenvalue weighted by molar-refractivity contribution is 5.87. The van der Waals surface area contributed by atoms with E-state index in [2.05, 4.69) is 0 Å². The van der Waals surface area contributed by atoms with Crippen molar-refractivity contribution in [1.82, 2.24) is 5.32 Å². The quantitative estimate of drug-likeness (QED) is 0.677. The number of alkyl halides is 3. The van der Waals surface area contributed by atoms with Crippen molar-refractivity contribution >= 4 is 17.6 Å². The first-order chi connectivity index (χ1) is 14.7. The van der Waals surface area contributed by atoms with Crippen LogP contribution < -0.4 is 10.2 Å². The maximum Gasteiger partial charge on any atom is 0.471 e. The van der Waals surface area contributed by atoms with E-state index in [1.165, 1.54) is 0 Å². The molecule has 1 amide bonds. The van der Waals surface area contributed by atoms with Crippen molar-refractivity contribution in [3.05, 3.63) is 65.7 Å². The second kappa shape index (κ2) is 8.99. The topological polar surface area (TPSA) is 58.6 Å². The van der Waals surface area contributed by atoms with Crippen LogP contribution >= 0.6 is 0 Å². The number of carbonyl (C=O) groups is 2. The number of fused-ring (bicyclic) bond motifs is 1. The van der Waals surface area contributed by atoms with Gasteiger partial charge in [0.15, 0.2) is 0 Å². The highest BCUT2D eigenvalue weighted by atomic mass is 19.4. The van der Waals surface area contributed by atoms with Crippen molar-refractivity contribution in [2.75, 3.05) is 25.6 Å². The predicted octanol–water partition coefficient (Wildman–Crippen LogP) is 3.62. The molecule has 1 N–H and O–H groups in total. The van der Waals surface area contributed by atoms with Gasteiger partial charge in [-0.2, -0.15) is 13.2 Å². The summed E-state index contributed by atoms with van der Waals surface area (Å²) in [5.41, 5.74) is 2.35. The molecule has 1 heterocycles. The van der Waals surface area contributed by atoms with Crippen LogP contribution in [-0.2, 0) is 26.2 Å². The van der Waals surface area contributed by atoms with Crippen LogP contribution in [0.1, 0.15) is 24.0 Å². The molecule has 0 spiro atoms. The molecule has 2 atom stereocenters. The number of benzene rings is 2. The molecule has 31 heavy (non-hydrogen) atoms. The average Bonchev–Trinajstić information content (AvgIpc) is 3.03. The van der Waals surface area contributed by atoms with Crippen molar-refractivity contribution in [2.24, 2.45) is 0 Å². The zero-order valence-electron chi connectivity index (χ0n) is 17.4. The van der Waals surface area contributed by atoms with Gasteiger partial charge in [0.25, 0.3) is 0 Å². The van der Waals surface area contributed by atoms with Crippen molar-refractivity contribution < 1.29 is 27.5 Å². The molecule has 1 aliphatic heterocycles. The third-order valence-corrected chi connectivity index (χ3v) is 5.80. The molecule has 3 rings (SSSR count). The Morgan fingerprint density at radius 3 is 2.42 bits per heavy atom. The summed E-state index contributed by atoms with van der Waals surface area (Å²) in [4.78, 5) is 26.0. The first kappa shape index (κ1) is 22.7. The molecule has 5 nitrogen and oxygen atoms in total. The van der Waals surface area contributed by atoms with Crippen LogP contribution in [0.25, 0.3) is 0 Å². The van der Waals surface area contributed by atoms with Crippen LogP contribution in [0.5, 0.6) is 0 Å². The van der Waals surface area contributed by atoms with Crippen LogP contribution in [0, 0.1) is 0 Å². The van der Waals surface area contributed by atoms with E-state index in [4.69, 9.17) is 4.74 Å². The number of para-hydroxylation sites is 1. The first-order valence-corrected chi connectivity index (χ1v) is 9.96. The summed E-state index contributed by atoms with van der Waals surface area (Å²) in [5.74, 6) is -3.05. The summed E-state index contributed by atoms with van der Waals surface area (Å²) >= 11 is 0. The lowest BCUT2D eigenvalue weighted by atomic mass is 9.73. The van der Waals surface area contributed by atoms with Gasteiger partial charge in [-0.15, -0.1) is 0 Å². The fourth-order valence-corrected chi connectivity index (χ4v) is 4.36. The van der Waals surface area contributed by atoms with Crippen molar-refractivity contribution in [3.63, 3.8) is 0 Å². The van der Waals surface area contributed by atoms with E-state index in [0.717, 1.165) is 23.9 Å². The fourth-order valence-electron chi connectivity index (χ4n) is 4.36. The van der Waals surface area contributed by atoms with E-state index < -0.39 is 29.5 Å². The molecule has 0 saturated carbocycles. The van der Waals surface area contributed by atoms with E-state index in [1.54, 1.807) is 0 Å². The van der Waals surface area contributed by atoms with Crippen LogP contribution in [-0.4, -0.2) is 44.8 Å². The summed E-state index contributed by atoms with van der Waals surface area (Å²) in [6, 6.07) is 16.0. The fraction of sp³-hybridized carbons (Fsp3) is 0.391.